The minimum absolute atomic E-state index is 0.0142. The highest BCUT2D eigenvalue weighted by Gasteiger charge is 2.30. The molecule has 172 valence electrons. The Morgan fingerprint density at radius 1 is 0.971 bits per heavy atom. The second kappa shape index (κ2) is 10.3. The number of benzene rings is 3. The highest BCUT2D eigenvalue weighted by molar-refractivity contribution is 7.99. The first-order valence-corrected chi connectivity index (χ1v) is 11.1. The Balaban J connectivity index is 1.45. The average Bonchev–Trinajstić information content (AvgIpc) is 3.27. The number of hydrogen-bond donors (Lipinski definition) is 1. The summed E-state index contributed by atoms with van der Waals surface area (Å²) in [5, 5.41) is 12.8. The number of alkyl halides is 3. The van der Waals surface area contributed by atoms with Gasteiger partial charge in [-0.25, -0.2) is 5.43 Å². The summed E-state index contributed by atoms with van der Waals surface area (Å²) < 4.78 is 40.3. The van der Waals surface area contributed by atoms with Crippen LogP contribution in [-0.4, -0.2) is 32.6 Å². The zero-order chi connectivity index (χ0) is 24.0. The van der Waals surface area contributed by atoms with Crippen LogP contribution < -0.4 is 5.43 Å². The van der Waals surface area contributed by atoms with Crippen molar-refractivity contribution in [1.29, 1.82) is 0 Å². The van der Waals surface area contributed by atoms with Crippen LogP contribution in [0.2, 0.25) is 0 Å². The lowest BCUT2D eigenvalue weighted by molar-refractivity contribution is -0.137. The van der Waals surface area contributed by atoms with E-state index in [9.17, 15) is 18.0 Å². The summed E-state index contributed by atoms with van der Waals surface area (Å²) in [6.45, 7) is 0. The van der Waals surface area contributed by atoms with Crippen LogP contribution in [0, 0.1) is 0 Å². The maximum absolute atomic E-state index is 12.8. The van der Waals surface area contributed by atoms with E-state index >= 15 is 0 Å². The normalized spacial score (nSPS) is 11.6. The zero-order valence-corrected chi connectivity index (χ0v) is 18.4. The van der Waals surface area contributed by atoms with E-state index in [-0.39, 0.29) is 11.3 Å². The van der Waals surface area contributed by atoms with Gasteiger partial charge in [0.25, 0.3) is 5.91 Å². The molecule has 0 atom stereocenters. The van der Waals surface area contributed by atoms with Crippen LogP contribution in [0.15, 0.2) is 95.2 Å². The number of carbonyl (C=O) groups excluding carboxylic acids is 1. The van der Waals surface area contributed by atoms with Crippen molar-refractivity contribution in [3.63, 3.8) is 0 Å². The molecule has 0 radical (unpaired) electrons. The second-order valence-corrected chi connectivity index (χ2v) is 7.99. The van der Waals surface area contributed by atoms with E-state index in [0.29, 0.717) is 11.0 Å². The summed E-state index contributed by atoms with van der Waals surface area (Å²) in [6, 6.07) is 23.8. The number of amides is 1. The first kappa shape index (κ1) is 23.2. The third-order valence-electron chi connectivity index (χ3n) is 4.63. The molecule has 0 aliphatic heterocycles. The molecule has 0 unspecified atom stereocenters. The van der Waals surface area contributed by atoms with Crippen LogP contribution in [0.4, 0.5) is 13.2 Å². The molecule has 0 fully saturated rings. The fraction of sp³-hybridized carbons (Fsp3) is 0.0833. The molecule has 1 heterocycles. The van der Waals surface area contributed by atoms with Gasteiger partial charge in [-0.05, 0) is 29.8 Å². The molecule has 3 aromatic carbocycles. The highest BCUT2D eigenvalue weighted by atomic mass is 32.2. The molecule has 1 N–H and O–H groups in total. The molecule has 1 aromatic heterocycles. The molecule has 4 aromatic rings. The predicted molar refractivity (Wildman–Crippen MR) is 125 cm³/mol. The number of nitrogens with zero attached hydrogens (tertiary/aromatic N) is 4. The van der Waals surface area contributed by atoms with Crippen molar-refractivity contribution in [2.75, 3.05) is 5.75 Å². The Bertz CT molecular complexity index is 1290. The smallest absolute Gasteiger partial charge is 0.272 e. The largest absolute Gasteiger partial charge is 0.416 e. The van der Waals surface area contributed by atoms with Crippen LogP contribution in [0.1, 0.15) is 11.1 Å². The third kappa shape index (κ3) is 5.70. The fourth-order valence-corrected chi connectivity index (χ4v) is 3.83. The van der Waals surface area contributed by atoms with Gasteiger partial charge >= 0.3 is 6.18 Å². The van der Waals surface area contributed by atoms with Gasteiger partial charge < -0.3 is 0 Å². The fourth-order valence-electron chi connectivity index (χ4n) is 3.08. The lowest BCUT2D eigenvalue weighted by atomic mass is 10.1. The van der Waals surface area contributed by atoms with Crippen LogP contribution in [0.5, 0.6) is 0 Å². The SMILES string of the molecule is O=C(CSc1nnc(-c2ccccc2)n1-c1ccccc1)NN=Cc1cccc(C(F)(F)F)c1. The summed E-state index contributed by atoms with van der Waals surface area (Å²) in [4.78, 5) is 12.3. The first-order chi connectivity index (χ1) is 16.4. The highest BCUT2D eigenvalue weighted by Crippen LogP contribution is 2.29. The van der Waals surface area contributed by atoms with Gasteiger partial charge in [0.2, 0.25) is 0 Å². The number of carbonyl (C=O) groups is 1. The van der Waals surface area contributed by atoms with E-state index in [0.717, 1.165) is 29.6 Å². The van der Waals surface area contributed by atoms with E-state index in [2.05, 4.69) is 20.7 Å². The average molecular weight is 482 g/mol. The molecule has 0 aliphatic rings. The van der Waals surface area contributed by atoms with Gasteiger partial charge in [0.15, 0.2) is 11.0 Å². The second-order valence-electron chi connectivity index (χ2n) is 7.05. The molecule has 4 rings (SSSR count). The summed E-state index contributed by atoms with van der Waals surface area (Å²) in [7, 11) is 0. The van der Waals surface area contributed by atoms with Crippen molar-refractivity contribution >= 4 is 23.9 Å². The molecule has 34 heavy (non-hydrogen) atoms. The topological polar surface area (TPSA) is 72.2 Å². The maximum atomic E-state index is 12.8. The Morgan fingerprint density at radius 3 is 2.38 bits per heavy atom. The Kier molecular flexibility index (Phi) is 7.07. The van der Waals surface area contributed by atoms with Crippen LogP contribution in [-0.2, 0) is 11.0 Å². The molecular weight excluding hydrogens is 463 g/mol. The van der Waals surface area contributed by atoms with Gasteiger partial charge in [0, 0.05) is 11.3 Å². The number of para-hydroxylation sites is 1. The van der Waals surface area contributed by atoms with Gasteiger partial charge in [-0.2, -0.15) is 18.3 Å². The van der Waals surface area contributed by atoms with E-state index in [1.54, 1.807) is 0 Å². The lowest BCUT2D eigenvalue weighted by Crippen LogP contribution is -2.20. The van der Waals surface area contributed by atoms with Crippen molar-refractivity contribution in [1.82, 2.24) is 20.2 Å². The van der Waals surface area contributed by atoms with E-state index in [4.69, 9.17) is 0 Å². The van der Waals surface area contributed by atoms with E-state index < -0.39 is 17.6 Å². The summed E-state index contributed by atoms with van der Waals surface area (Å²) >= 11 is 1.17. The number of hydrazone groups is 1. The summed E-state index contributed by atoms with van der Waals surface area (Å²) in [5.41, 5.74) is 3.49. The molecule has 6 nitrogen and oxygen atoms in total. The van der Waals surface area contributed by atoms with Gasteiger partial charge in [0.05, 0.1) is 17.5 Å². The van der Waals surface area contributed by atoms with Gasteiger partial charge in [0.1, 0.15) is 0 Å². The Labute approximate surface area is 197 Å². The number of aromatic nitrogens is 3. The van der Waals surface area contributed by atoms with Crippen LogP contribution in [0.25, 0.3) is 17.1 Å². The quantitative estimate of drug-likeness (QED) is 0.224. The molecule has 10 heteroatoms. The molecule has 0 saturated carbocycles. The number of hydrogen-bond acceptors (Lipinski definition) is 5. The minimum atomic E-state index is -4.45. The summed E-state index contributed by atoms with van der Waals surface area (Å²) in [6.07, 6.45) is -3.28. The molecule has 1 amide bonds. The van der Waals surface area contributed by atoms with Gasteiger partial charge in [-0.15, -0.1) is 10.2 Å². The van der Waals surface area contributed by atoms with Crippen molar-refractivity contribution in [3.8, 4) is 17.1 Å². The van der Waals surface area contributed by atoms with E-state index in [1.807, 2.05) is 65.2 Å². The number of nitrogens with one attached hydrogen (secondary N) is 1. The van der Waals surface area contributed by atoms with Crippen LogP contribution >= 0.6 is 11.8 Å². The Hall–Kier alpha value is -3.92. The van der Waals surface area contributed by atoms with Gasteiger partial charge in [-0.3, -0.25) is 9.36 Å². The molecule has 0 aliphatic carbocycles. The number of halogens is 3. The first-order valence-electron chi connectivity index (χ1n) is 10.1. The molecular formula is C24H18F3N5OS. The molecule has 0 saturated heterocycles. The third-order valence-corrected chi connectivity index (χ3v) is 5.56. The lowest BCUT2D eigenvalue weighted by Gasteiger charge is -2.10. The standard InChI is InChI=1S/C24H18F3N5OS/c25-24(26,27)19-11-7-8-17(14-19)15-28-29-21(33)16-34-23-31-30-22(18-9-3-1-4-10-18)32(23)20-12-5-2-6-13-20/h1-15H,16H2,(H,29,33). The van der Waals surface area contributed by atoms with Crippen molar-refractivity contribution in [2.24, 2.45) is 5.10 Å². The number of thioether (sulfide) groups is 1. The molecule has 0 spiro atoms. The van der Waals surface area contributed by atoms with Crippen LogP contribution in [0.3, 0.4) is 0 Å². The van der Waals surface area contributed by atoms with Gasteiger partial charge in [-0.1, -0.05) is 72.4 Å². The Morgan fingerprint density at radius 2 is 1.68 bits per heavy atom. The summed E-state index contributed by atoms with van der Waals surface area (Å²) in [5.74, 6) is 0.189. The van der Waals surface area contributed by atoms with Crippen molar-refractivity contribution < 1.29 is 18.0 Å². The number of rotatable bonds is 7. The minimum Gasteiger partial charge on any atom is -0.272 e. The maximum Gasteiger partial charge on any atom is 0.416 e. The van der Waals surface area contributed by atoms with E-state index in [1.165, 1.54) is 23.9 Å². The van der Waals surface area contributed by atoms with Crippen molar-refractivity contribution in [2.45, 2.75) is 11.3 Å². The van der Waals surface area contributed by atoms with Crippen molar-refractivity contribution in [3.05, 3.63) is 96.1 Å². The predicted octanol–water partition coefficient (Wildman–Crippen LogP) is 5.20. The molecule has 0 bridgehead atoms. The monoisotopic (exact) mass is 481 g/mol. The zero-order valence-electron chi connectivity index (χ0n) is 17.6.